The molecule has 0 saturated carbocycles. The van der Waals surface area contributed by atoms with Gasteiger partial charge in [0.1, 0.15) is 12.2 Å². The third-order valence-corrected chi connectivity index (χ3v) is 3.20. The summed E-state index contributed by atoms with van der Waals surface area (Å²) in [6.07, 6.45) is 0.447. The smallest absolute Gasteiger partial charge is 0.410 e. The largest absolute Gasteiger partial charge is 0.444 e. The molecule has 0 bridgehead atoms. The van der Waals surface area contributed by atoms with Crippen molar-refractivity contribution in [1.29, 1.82) is 0 Å². The van der Waals surface area contributed by atoms with E-state index in [1.165, 1.54) is 0 Å². The van der Waals surface area contributed by atoms with Gasteiger partial charge in [0.2, 0.25) is 0 Å². The number of aromatic nitrogens is 2. The number of carbonyl (C=O) groups excluding carboxylic acids is 1. The molecule has 1 aliphatic rings. The van der Waals surface area contributed by atoms with Gasteiger partial charge in [0.15, 0.2) is 5.82 Å². The number of ether oxygens (including phenoxy) is 2. The number of hydrogen-bond acceptors (Lipinski definition) is 6. The van der Waals surface area contributed by atoms with Crippen LogP contribution in [0.2, 0.25) is 0 Å². The van der Waals surface area contributed by atoms with Gasteiger partial charge in [-0.25, -0.2) is 4.79 Å². The predicted molar refractivity (Wildman–Crippen MR) is 74.7 cm³/mol. The fraction of sp³-hybridized carbons (Fsp3) is 0.786. The predicted octanol–water partition coefficient (Wildman–Crippen LogP) is 2.29. The third kappa shape index (κ3) is 4.42. The highest BCUT2D eigenvalue weighted by Gasteiger charge is 2.39. The van der Waals surface area contributed by atoms with Crippen molar-refractivity contribution in [3.05, 3.63) is 11.7 Å². The van der Waals surface area contributed by atoms with Crippen LogP contribution in [0.4, 0.5) is 4.79 Å². The second kappa shape index (κ2) is 5.63. The third-order valence-electron chi connectivity index (χ3n) is 3.20. The number of likely N-dealkylation sites (tertiary alicyclic amines) is 1. The molecule has 0 aromatic carbocycles. The highest BCUT2D eigenvalue weighted by molar-refractivity contribution is 5.68. The van der Waals surface area contributed by atoms with E-state index in [9.17, 15) is 4.79 Å². The van der Waals surface area contributed by atoms with Crippen molar-refractivity contribution in [2.24, 2.45) is 0 Å². The monoisotopic (exact) mass is 297 g/mol. The summed E-state index contributed by atoms with van der Waals surface area (Å²) in [5.41, 5.74) is -0.905. The molecule has 1 aromatic rings. The first-order chi connectivity index (χ1) is 9.67. The zero-order valence-corrected chi connectivity index (χ0v) is 13.3. The van der Waals surface area contributed by atoms with Crippen LogP contribution in [0.5, 0.6) is 0 Å². The minimum absolute atomic E-state index is 0.250. The zero-order valence-electron chi connectivity index (χ0n) is 13.3. The summed E-state index contributed by atoms with van der Waals surface area (Å²) < 4.78 is 16.2. The molecule has 2 heterocycles. The lowest BCUT2D eigenvalue weighted by atomic mass is 10.1. The molecule has 1 atom stereocenters. The van der Waals surface area contributed by atoms with Gasteiger partial charge in [-0.3, -0.25) is 0 Å². The van der Waals surface area contributed by atoms with Crippen LogP contribution in [-0.2, 0) is 16.1 Å². The summed E-state index contributed by atoms with van der Waals surface area (Å²) in [7, 11) is 0. The summed E-state index contributed by atoms with van der Waals surface area (Å²) in [6, 6.07) is 0. The van der Waals surface area contributed by atoms with Gasteiger partial charge in [0, 0.05) is 6.54 Å². The van der Waals surface area contributed by atoms with E-state index in [2.05, 4.69) is 10.1 Å². The molecule has 0 aliphatic carbocycles. The summed E-state index contributed by atoms with van der Waals surface area (Å²) >= 11 is 0. The minimum atomic E-state index is -0.488. The van der Waals surface area contributed by atoms with E-state index < -0.39 is 11.2 Å². The Morgan fingerprint density at radius 3 is 2.76 bits per heavy atom. The molecule has 118 valence electrons. The normalized spacial score (nSPS) is 22.6. The van der Waals surface area contributed by atoms with E-state index >= 15 is 0 Å². The van der Waals surface area contributed by atoms with Crippen molar-refractivity contribution in [3.63, 3.8) is 0 Å². The van der Waals surface area contributed by atoms with Crippen LogP contribution in [0, 0.1) is 6.92 Å². The van der Waals surface area contributed by atoms with Gasteiger partial charge < -0.3 is 18.9 Å². The summed E-state index contributed by atoms with van der Waals surface area (Å²) in [5, 5.41) is 3.72. The van der Waals surface area contributed by atoms with Crippen molar-refractivity contribution in [2.75, 3.05) is 13.1 Å². The van der Waals surface area contributed by atoms with Crippen LogP contribution in [-0.4, -0.2) is 45.4 Å². The molecular weight excluding hydrogens is 274 g/mol. The van der Waals surface area contributed by atoms with Crippen molar-refractivity contribution < 1.29 is 18.8 Å². The van der Waals surface area contributed by atoms with E-state index in [-0.39, 0.29) is 12.7 Å². The molecule has 0 spiro atoms. The molecule has 7 nitrogen and oxygen atoms in total. The van der Waals surface area contributed by atoms with Crippen LogP contribution in [0.1, 0.15) is 45.8 Å². The molecule has 7 heteroatoms. The fourth-order valence-electron chi connectivity index (χ4n) is 2.17. The van der Waals surface area contributed by atoms with Gasteiger partial charge in [0.05, 0.1) is 12.1 Å². The first kappa shape index (κ1) is 15.8. The number of carbonyl (C=O) groups is 1. The Balaban J connectivity index is 1.86. The van der Waals surface area contributed by atoms with E-state index in [0.29, 0.717) is 24.8 Å². The number of hydrogen-bond donors (Lipinski definition) is 0. The minimum Gasteiger partial charge on any atom is -0.444 e. The summed E-state index contributed by atoms with van der Waals surface area (Å²) in [6.45, 7) is 10.7. The lowest BCUT2D eigenvalue weighted by molar-refractivity contribution is -0.0463. The second-order valence-electron chi connectivity index (χ2n) is 6.63. The average Bonchev–Trinajstić information content (AvgIpc) is 2.92. The van der Waals surface area contributed by atoms with Gasteiger partial charge in [-0.1, -0.05) is 5.16 Å². The first-order valence-electron chi connectivity index (χ1n) is 7.08. The number of aryl methyl sites for hydroxylation is 1. The number of amides is 1. The average molecular weight is 297 g/mol. The van der Waals surface area contributed by atoms with E-state index in [0.717, 1.165) is 6.42 Å². The Kier molecular flexibility index (Phi) is 4.22. The maximum atomic E-state index is 12.0. The van der Waals surface area contributed by atoms with E-state index in [1.807, 2.05) is 27.7 Å². The Morgan fingerprint density at radius 1 is 1.48 bits per heavy atom. The quantitative estimate of drug-likeness (QED) is 0.852. The highest BCUT2D eigenvalue weighted by Crippen LogP contribution is 2.27. The number of rotatable bonds is 3. The van der Waals surface area contributed by atoms with Crippen LogP contribution in [0.15, 0.2) is 4.52 Å². The Labute approximate surface area is 124 Å². The molecule has 2 rings (SSSR count). The van der Waals surface area contributed by atoms with Crippen LogP contribution < -0.4 is 0 Å². The summed E-state index contributed by atoms with van der Waals surface area (Å²) in [4.78, 5) is 17.8. The molecule has 1 unspecified atom stereocenters. The van der Waals surface area contributed by atoms with Crippen molar-refractivity contribution >= 4 is 6.09 Å². The number of nitrogens with zero attached hydrogens (tertiary/aromatic N) is 3. The molecule has 1 saturated heterocycles. The van der Waals surface area contributed by atoms with E-state index in [1.54, 1.807) is 11.8 Å². The maximum absolute atomic E-state index is 12.0. The molecule has 1 aliphatic heterocycles. The van der Waals surface area contributed by atoms with Gasteiger partial charge in [-0.2, -0.15) is 4.98 Å². The maximum Gasteiger partial charge on any atom is 0.410 e. The van der Waals surface area contributed by atoms with Gasteiger partial charge in [-0.05, 0) is 41.0 Å². The first-order valence-corrected chi connectivity index (χ1v) is 7.08. The van der Waals surface area contributed by atoms with Gasteiger partial charge >= 0.3 is 6.09 Å². The summed E-state index contributed by atoms with van der Waals surface area (Å²) in [5.74, 6) is 1.03. The molecule has 21 heavy (non-hydrogen) atoms. The molecule has 1 amide bonds. The van der Waals surface area contributed by atoms with Crippen LogP contribution >= 0.6 is 0 Å². The lowest BCUT2D eigenvalue weighted by Gasteiger charge is -2.27. The molecule has 1 aromatic heterocycles. The highest BCUT2D eigenvalue weighted by atomic mass is 16.6. The van der Waals surface area contributed by atoms with Gasteiger partial charge in [-0.15, -0.1) is 0 Å². The van der Waals surface area contributed by atoms with Crippen molar-refractivity contribution in [1.82, 2.24) is 15.0 Å². The zero-order chi connectivity index (χ0) is 15.7. The molecule has 1 fully saturated rings. The second-order valence-corrected chi connectivity index (χ2v) is 6.63. The SMILES string of the molecule is Cc1noc(COC2(C)CCN(C(=O)OC(C)(C)C)C2)n1. The van der Waals surface area contributed by atoms with Crippen molar-refractivity contribution in [2.45, 2.75) is 58.8 Å². The standard InChI is InChI=1S/C14H23N3O4/c1-10-15-11(21-16-10)8-19-14(5)6-7-17(9-14)12(18)20-13(2,3)4/h6-9H2,1-5H3. The Hall–Kier alpha value is -1.63. The van der Waals surface area contributed by atoms with Crippen LogP contribution in [0.3, 0.4) is 0 Å². The van der Waals surface area contributed by atoms with E-state index in [4.69, 9.17) is 14.0 Å². The van der Waals surface area contributed by atoms with Crippen molar-refractivity contribution in [3.8, 4) is 0 Å². The lowest BCUT2D eigenvalue weighted by Crippen LogP contribution is -2.39. The van der Waals surface area contributed by atoms with Crippen LogP contribution in [0.25, 0.3) is 0 Å². The Morgan fingerprint density at radius 2 is 2.19 bits per heavy atom. The van der Waals surface area contributed by atoms with Gasteiger partial charge in [0.25, 0.3) is 5.89 Å². The molecule has 0 radical (unpaired) electrons. The molecular formula is C14H23N3O4. The Bertz CT molecular complexity index is 509. The topological polar surface area (TPSA) is 77.7 Å². The molecule has 0 N–H and O–H groups in total. The fourth-order valence-corrected chi connectivity index (χ4v) is 2.17.